The summed E-state index contributed by atoms with van der Waals surface area (Å²) in [5.41, 5.74) is 0.0990. The molecule has 0 bridgehead atoms. The summed E-state index contributed by atoms with van der Waals surface area (Å²) < 4.78 is 34.8. The van der Waals surface area contributed by atoms with E-state index in [0.29, 0.717) is 6.08 Å². The van der Waals surface area contributed by atoms with Crippen LogP contribution in [0.3, 0.4) is 0 Å². The van der Waals surface area contributed by atoms with Gasteiger partial charge in [-0.3, -0.25) is 0 Å². The number of halogens is 3. The number of hydrogen-bond donors (Lipinski definition) is 0. The normalized spacial score (nSPS) is 29.4. The molecule has 0 amide bonds. The maximum absolute atomic E-state index is 11.6. The predicted octanol–water partition coefficient (Wildman–Crippen LogP) is 3.15. The van der Waals surface area contributed by atoms with Gasteiger partial charge in [-0.05, 0) is 17.8 Å². The van der Waals surface area contributed by atoms with Gasteiger partial charge in [0.05, 0.1) is 0 Å². The highest BCUT2D eigenvalue weighted by Gasteiger charge is 2.44. The smallest absolute Gasteiger partial charge is 0.167 e. The van der Waals surface area contributed by atoms with Crippen molar-refractivity contribution >= 4 is 0 Å². The van der Waals surface area contributed by atoms with E-state index in [1.807, 2.05) is 13.8 Å². The SMILES string of the molecule is CC1(C)CC1/C=C\C(F)(F)F. The fraction of sp³-hybridized carbons (Fsp3) is 0.750. The van der Waals surface area contributed by atoms with Crippen LogP contribution in [0.15, 0.2) is 12.2 Å². The summed E-state index contributed by atoms with van der Waals surface area (Å²) >= 11 is 0. The molecule has 64 valence electrons. The fourth-order valence-electron chi connectivity index (χ4n) is 1.06. The van der Waals surface area contributed by atoms with Gasteiger partial charge in [0, 0.05) is 6.08 Å². The van der Waals surface area contributed by atoms with Crippen LogP contribution in [0.25, 0.3) is 0 Å². The fourth-order valence-corrected chi connectivity index (χ4v) is 1.06. The second kappa shape index (κ2) is 2.26. The highest BCUT2D eigenvalue weighted by Crippen LogP contribution is 2.52. The molecule has 0 aliphatic heterocycles. The van der Waals surface area contributed by atoms with Crippen LogP contribution < -0.4 is 0 Å². The largest absolute Gasteiger partial charge is 0.409 e. The van der Waals surface area contributed by atoms with Crippen LogP contribution in [-0.4, -0.2) is 6.18 Å². The van der Waals surface area contributed by atoms with E-state index in [0.717, 1.165) is 6.42 Å². The Morgan fingerprint density at radius 2 is 1.82 bits per heavy atom. The van der Waals surface area contributed by atoms with E-state index in [1.54, 1.807) is 0 Å². The molecule has 1 fully saturated rings. The molecule has 0 aromatic heterocycles. The van der Waals surface area contributed by atoms with Crippen LogP contribution in [-0.2, 0) is 0 Å². The van der Waals surface area contributed by atoms with E-state index in [1.165, 1.54) is 6.08 Å². The third-order valence-electron chi connectivity index (χ3n) is 2.11. The van der Waals surface area contributed by atoms with E-state index >= 15 is 0 Å². The topological polar surface area (TPSA) is 0 Å². The third kappa shape index (κ3) is 2.56. The zero-order valence-electron chi connectivity index (χ0n) is 6.57. The van der Waals surface area contributed by atoms with Crippen molar-refractivity contribution in [3.63, 3.8) is 0 Å². The maximum atomic E-state index is 11.6. The Balaban J connectivity index is 2.40. The summed E-state index contributed by atoms with van der Waals surface area (Å²) in [7, 11) is 0. The van der Waals surface area contributed by atoms with Gasteiger partial charge in [0.15, 0.2) is 0 Å². The molecule has 11 heavy (non-hydrogen) atoms. The van der Waals surface area contributed by atoms with Gasteiger partial charge >= 0.3 is 6.18 Å². The number of hydrogen-bond acceptors (Lipinski definition) is 0. The first-order valence-electron chi connectivity index (χ1n) is 3.57. The Bertz CT molecular complexity index is 176. The molecule has 1 atom stereocenters. The van der Waals surface area contributed by atoms with E-state index in [2.05, 4.69) is 0 Å². The quantitative estimate of drug-likeness (QED) is 0.522. The van der Waals surface area contributed by atoms with E-state index in [4.69, 9.17) is 0 Å². The molecule has 0 radical (unpaired) electrons. The zero-order chi connectivity index (χ0) is 8.70. The molecular formula is C8H11F3. The van der Waals surface area contributed by atoms with Crippen LogP contribution in [0, 0.1) is 11.3 Å². The number of allylic oxidation sites excluding steroid dienone is 2. The second-order valence-corrected chi connectivity index (χ2v) is 3.70. The predicted molar refractivity (Wildman–Crippen MR) is 37.1 cm³/mol. The Morgan fingerprint density at radius 1 is 1.36 bits per heavy atom. The first-order valence-corrected chi connectivity index (χ1v) is 3.57. The Morgan fingerprint density at radius 3 is 2.09 bits per heavy atom. The maximum Gasteiger partial charge on any atom is 0.409 e. The molecule has 0 aromatic carbocycles. The third-order valence-corrected chi connectivity index (χ3v) is 2.11. The van der Waals surface area contributed by atoms with Gasteiger partial charge in [0.1, 0.15) is 0 Å². The average molecular weight is 164 g/mol. The second-order valence-electron chi connectivity index (χ2n) is 3.70. The summed E-state index contributed by atoms with van der Waals surface area (Å²) in [6, 6.07) is 0. The molecule has 1 aliphatic carbocycles. The lowest BCUT2D eigenvalue weighted by molar-refractivity contribution is -0.0801. The molecule has 0 N–H and O–H groups in total. The summed E-state index contributed by atoms with van der Waals surface area (Å²) in [5, 5.41) is 0. The zero-order valence-corrected chi connectivity index (χ0v) is 6.57. The van der Waals surface area contributed by atoms with Gasteiger partial charge in [-0.25, -0.2) is 0 Å². The highest BCUT2D eigenvalue weighted by molar-refractivity contribution is 5.09. The molecule has 0 spiro atoms. The molecule has 1 aliphatic rings. The van der Waals surface area contributed by atoms with Crippen molar-refractivity contribution in [2.45, 2.75) is 26.4 Å². The molecule has 0 nitrogen and oxygen atoms in total. The monoisotopic (exact) mass is 164 g/mol. The van der Waals surface area contributed by atoms with Gasteiger partial charge in [0.25, 0.3) is 0 Å². The Labute approximate surface area is 64.1 Å². The van der Waals surface area contributed by atoms with Crippen molar-refractivity contribution in [2.75, 3.05) is 0 Å². The molecular weight excluding hydrogens is 153 g/mol. The molecule has 0 aromatic rings. The average Bonchev–Trinajstić information content (AvgIpc) is 2.33. The van der Waals surface area contributed by atoms with Crippen LogP contribution >= 0.6 is 0 Å². The molecule has 0 heterocycles. The summed E-state index contributed by atoms with van der Waals surface area (Å²) in [5.74, 6) is 0.129. The van der Waals surface area contributed by atoms with Gasteiger partial charge in [-0.2, -0.15) is 13.2 Å². The first-order chi connectivity index (χ1) is 4.81. The van der Waals surface area contributed by atoms with Gasteiger partial charge in [-0.1, -0.05) is 19.9 Å². The van der Waals surface area contributed by atoms with Crippen molar-refractivity contribution in [1.29, 1.82) is 0 Å². The number of rotatable bonds is 1. The van der Waals surface area contributed by atoms with Crippen LogP contribution in [0.1, 0.15) is 20.3 Å². The summed E-state index contributed by atoms with van der Waals surface area (Å²) in [6.07, 6.45) is -1.66. The first kappa shape index (κ1) is 8.62. The molecule has 1 saturated carbocycles. The van der Waals surface area contributed by atoms with Crippen molar-refractivity contribution in [1.82, 2.24) is 0 Å². The lowest BCUT2D eigenvalue weighted by Gasteiger charge is -1.98. The Hall–Kier alpha value is -0.470. The van der Waals surface area contributed by atoms with Crippen LogP contribution in [0.2, 0.25) is 0 Å². The standard InChI is InChI=1S/C8H11F3/c1-7(2)5-6(7)3-4-8(9,10)11/h3-4,6H,5H2,1-2H3/b4-3-. The van der Waals surface area contributed by atoms with E-state index in [-0.39, 0.29) is 11.3 Å². The lowest BCUT2D eigenvalue weighted by atomic mass is 10.1. The Kier molecular flexibility index (Phi) is 1.77. The highest BCUT2D eigenvalue weighted by atomic mass is 19.4. The summed E-state index contributed by atoms with van der Waals surface area (Å²) in [6.45, 7) is 3.94. The van der Waals surface area contributed by atoms with Gasteiger partial charge in [0.2, 0.25) is 0 Å². The number of alkyl halides is 3. The van der Waals surface area contributed by atoms with Gasteiger partial charge < -0.3 is 0 Å². The van der Waals surface area contributed by atoms with Crippen molar-refractivity contribution < 1.29 is 13.2 Å². The van der Waals surface area contributed by atoms with Crippen molar-refractivity contribution in [3.8, 4) is 0 Å². The lowest BCUT2D eigenvalue weighted by Crippen LogP contribution is -2.01. The minimum absolute atomic E-state index is 0.0990. The van der Waals surface area contributed by atoms with Crippen LogP contribution in [0.4, 0.5) is 13.2 Å². The van der Waals surface area contributed by atoms with Gasteiger partial charge in [-0.15, -0.1) is 0 Å². The van der Waals surface area contributed by atoms with E-state index < -0.39 is 6.18 Å². The molecule has 0 saturated heterocycles. The molecule has 1 rings (SSSR count). The van der Waals surface area contributed by atoms with E-state index in [9.17, 15) is 13.2 Å². The minimum atomic E-state index is -4.14. The summed E-state index contributed by atoms with van der Waals surface area (Å²) in [4.78, 5) is 0. The van der Waals surface area contributed by atoms with Crippen molar-refractivity contribution in [3.05, 3.63) is 12.2 Å². The molecule has 1 unspecified atom stereocenters. The minimum Gasteiger partial charge on any atom is -0.167 e. The molecule has 3 heteroatoms. The van der Waals surface area contributed by atoms with Crippen LogP contribution in [0.5, 0.6) is 0 Å². The van der Waals surface area contributed by atoms with Crippen molar-refractivity contribution in [2.24, 2.45) is 11.3 Å².